The minimum absolute atomic E-state index is 0.318. The van der Waals surface area contributed by atoms with Gasteiger partial charge >= 0.3 is 0 Å². The van der Waals surface area contributed by atoms with Gasteiger partial charge in [0, 0.05) is 17.5 Å². The van der Waals surface area contributed by atoms with Gasteiger partial charge < -0.3 is 16.8 Å². The number of anilines is 2. The predicted octanol–water partition coefficient (Wildman–Crippen LogP) is 3.46. The average Bonchev–Trinajstić information content (AvgIpc) is 2.69. The molecule has 1 heterocycles. The Morgan fingerprint density at radius 2 is 1.77 bits per heavy atom. The van der Waals surface area contributed by atoms with E-state index in [0.29, 0.717) is 23.8 Å². The third-order valence-corrected chi connectivity index (χ3v) is 6.03. The molecule has 2 aliphatic rings. The van der Waals surface area contributed by atoms with Gasteiger partial charge in [0.2, 0.25) is 5.95 Å². The molecule has 1 fully saturated rings. The van der Waals surface area contributed by atoms with Crippen LogP contribution in [0.25, 0.3) is 0 Å². The summed E-state index contributed by atoms with van der Waals surface area (Å²) in [7, 11) is 0. The smallest absolute Gasteiger partial charge is 0.222 e. The van der Waals surface area contributed by atoms with Crippen LogP contribution in [0.5, 0.6) is 0 Å². The zero-order valence-electron chi connectivity index (χ0n) is 15.3. The number of rotatable bonds is 4. The lowest BCUT2D eigenvalue weighted by Crippen LogP contribution is -2.30. The van der Waals surface area contributed by atoms with Gasteiger partial charge in [-0.2, -0.15) is 4.98 Å². The quantitative estimate of drug-likeness (QED) is 0.785. The summed E-state index contributed by atoms with van der Waals surface area (Å²) in [6, 6.07) is 11.1. The van der Waals surface area contributed by atoms with Crippen molar-refractivity contribution in [3.63, 3.8) is 0 Å². The van der Waals surface area contributed by atoms with Crippen molar-refractivity contribution in [2.75, 3.05) is 17.6 Å². The van der Waals surface area contributed by atoms with Gasteiger partial charge in [0.1, 0.15) is 5.82 Å². The molecule has 1 unspecified atom stereocenters. The van der Waals surface area contributed by atoms with E-state index in [-0.39, 0.29) is 0 Å². The van der Waals surface area contributed by atoms with Crippen LogP contribution in [0.15, 0.2) is 30.3 Å². The number of fused-ring (bicyclic) bond motifs is 1. The molecule has 1 atom stereocenters. The summed E-state index contributed by atoms with van der Waals surface area (Å²) in [6.07, 6.45) is 8.01. The van der Waals surface area contributed by atoms with Crippen LogP contribution >= 0.6 is 0 Å². The maximum atomic E-state index is 6.09. The Morgan fingerprint density at radius 3 is 2.50 bits per heavy atom. The van der Waals surface area contributed by atoms with Gasteiger partial charge in [0.25, 0.3) is 0 Å². The Morgan fingerprint density at radius 1 is 1.00 bits per heavy atom. The number of hydrogen-bond acceptors (Lipinski definition) is 5. The van der Waals surface area contributed by atoms with E-state index in [2.05, 4.69) is 45.6 Å². The summed E-state index contributed by atoms with van der Waals surface area (Å²) >= 11 is 0. The molecule has 0 radical (unpaired) electrons. The van der Waals surface area contributed by atoms with Crippen LogP contribution in [0.3, 0.4) is 0 Å². The Labute approximate surface area is 155 Å². The van der Waals surface area contributed by atoms with E-state index in [4.69, 9.17) is 11.5 Å². The summed E-state index contributed by atoms with van der Waals surface area (Å²) < 4.78 is 0. The summed E-state index contributed by atoms with van der Waals surface area (Å²) in [5.41, 5.74) is 15.6. The van der Waals surface area contributed by atoms with Crippen LogP contribution in [-0.4, -0.2) is 22.6 Å². The molecular formula is C21H29N5. The highest BCUT2D eigenvalue weighted by Gasteiger charge is 2.28. The van der Waals surface area contributed by atoms with Gasteiger partial charge in [-0.3, -0.25) is 0 Å². The Balaban J connectivity index is 1.60. The van der Waals surface area contributed by atoms with Crippen molar-refractivity contribution >= 4 is 11.8 Å². The molecule has 0 saturated heterocycles. The fourth-order valence-corrected chi connectivity index (χ4v) is 4.54. The monoisotopic (exact) mass is 351 g/mol. The third-order valence-electron chi connectivity index (χ3n) is 6.03. The van der Waals surface area contributed by atoms with E-state index in [1.165, 1.54) is 24.0 Å². The van der Waals surface area contributed by atoms with Crippen LogP contribution in [-0.2, 0) is 6.42 Å². The molecule has 1 saturated carbocycles. The molecule has 5 nitrogen and oxygen atoms in total. The molecule has 0 spiro atoms. The van der Waals surface area contributed by atoms with E-state index < -0.39 is 0 Å². The molecule has 0 aliphatic heterocycles. The predicted molar refractivity (Wildman–Crippen MR) is 106 cm³/mol. The highest BCUT2D eigenvalue weighted by Crippen LogP contribution is 2.39. The van der Waals surface area contributed by atoms with Crippen LogP contribution in [0, 0.1) is 5.92 Å². The molecule has 2 aromatic rings. The van der Waals surface area contributed by atoms with Crippen LogP contribution in [0.1, 0.15) is 61.3 Å². The summed E-state index contributed by atoms with van der Waals surface area (Å²) in [6.45, 7) is 0.807. The molecule has 138 valence electrons. The second-order valence-corrected chi connectivity index (χ2v) is 7.75. The lowest BCUT2D eigenvalue weighted by Gasteiger charge is -2.31. The van der Waals surface area contributed by atoms with Gasteiger partial charge in [-0.25, -0.2) is 4.98 Å². The average molecular weight is 351 g/mol. The maximum absolute atomic E-state index is 6.09. The molecule has 0 bridgehead atoms. The normalized spacial score (nSPS) is 25.5. The standard InChI is InChI=1S/C21H29N5/c22-13-14-9-11-16(12-10-14)24-20-18-8-4-7-17(15-5-2-1-3-6-15)19(18)25-21(23)26-20/h1-3,5-6,14,16-17H,4,7-13,22H2,(H3,23,24,25,26)/t14-,16-,17?. The van der Waals surface area contributed by atoms with Crippen molar-refractivity contribution in [2.45, 2.75) is 56.9 Å². The van der Waals surface area contributed by atoms with Gasteiger partial charge in [0.05, 0.1) is 5.69 Å². The minimum Gasteiger partial charge on any atom is -0.368 e. The number of nitrogens with one attached hydrogen (secondary N) is 1. The molecule has 2 aliphatic carbocycles. The van der Waals surface area contributed by atoms with E-state index in [0.717, 1.165) is 50.2 Å². The molecule has 0 amide bonds. The first-order chi connectivity index (χ1) is 12.7. The number of hydrogen-bond donors (Lipinski definition) is 3. The number of nitrogens with two attached hydrogens (primary N) is 2. The minimum atomic E-state index is 0.318. The van der Waals surface area contributed by atoms with E-state index in [1.807, 2.05) is 0 Å². The first-order valence-corrected chi connectivity index (χ1v) is 9.92. The highest BCUT2D eigenvalue weighted by atomic mass is 15.1. The summed E-state index contributed by atoms with van der Waals surface area (Å²) in [4.78, 5) is 9.24. The maximum Gasteiger partial charge on any atom is 0.222 e. The fraction of sp³-hybridized carbons (Fsp3) is 0.524. The first kappa shape index (κ1) is 17.3. The first-order valence-electron chi connectivity index (χ1n) is 9.92. The molecule has 1 aromatic carbocycles. The molecular weight excluding hydrogens is 322 g/mol. The van der Waals surface area contributed by atoms with E-state index >= 15 is 0 Å². The summed E-state index contributed by atoms with van der Waals surface area (Å²) in [5.74, 6) is 2.34. The zero-order chi connectivity index (χ0) is 17.9. The fourth-order valence-electron chi connectivity index (χ4n) is 4.54. The Kier molecular flexibility index (Phi) is 5.07. The van der Waals surface area contributed by atoms with Gasteiger partial charge in [-0.15, -0.1) is 0 Å². The molecule has 26 heavy (non-hydrogen) atoms. The molecule has 1 aromatic heterocycles. The van der Waals surface area contributed by atoms with Crippen molar-refractivity contribution in [1.29, 1.82) is 0 Å². The second-order valence-electron chi connectivity index (χ2n) is 7.75. The van der Waals surface area contributed by atoms with Crippen molar-refractivity contribution < 1.29 is 0 Å². The number of nitrogen functional groups attached to an aromatic ring is 1. The summed E-state index contributed by atoms with van der Waals surface area (Å²) in [5, 5.41) is 3.69. The van der Waals surface area contributed by atoms with Crippen molar-refractivity contribution in [2.24, 2.45) is 11.7 Å². The second kappa shape index (κ2) is 7.62. The number of nitrogens with zero attached hydrogens (tertiary/aromatic N) is 2. The van der Waals surface area contributed by atoms with E-state index in [1.54, 1.807) is 0 Å². The Hall–Kier alpha value is -2.14. The van der Waals surface area contributed by atoms with Crippen LogP contribution in [0.4, 0.5) is 11.8 Å². The van der Waals surface area contributed by atoms with E-state index in [9.17, 15) is 0 Å². The van der Waals surface area contributed by atoms with Crippen molar-refractivity contribution in [3.05, 3.63) is 47.2 Å². The number of aromatic nitrogens is 2. The Bertz CT molecular complexity index is 738. The van der Waals surface area contributed by atoms with Gasteiger partial charge in [0.15, 0.2) is 0 Å². The molecule has 5 N–H and O–H groups in total. The molecule has 5 heteroatoms. The van der Waals surface area contributed by atoms with Crippen molar-refractivity contribution in [3.8, 4) is 0 Å². The highest BCUT2D eigenvalue weighted by molar-refractivity contribution is 5.54. The van der Waals surface area contributed by atoms with Crippen LogP contribution in [0.2, 0.25) is 0 Å². The lowest BCUT2D eigenvalue weighted by atomic mass is 9.82. The topological polar surface area (TPSA) is 89.8 Å². The SMILES string of the molecule is NC[C@H]1CC[C@H](Nc2nc(N)nc3c2CCCC3c2ccccc2)CC1. The zero-order valence-corrected chi connectivity index (χ0v) is 15.3. The van der Waals surface area contributed by atoms with Crippen molar-refractivity contribution in [1.82, 2.24) is 9.97 Å². The largest absolute Gasteiger partial charge is 0.368 e. The number of benzene rings is 1. The van der Waals surface area contributed by atoms with Crippen LogP contribution < -0.4 is 16.8 Å². The molecule has 4 rings (SSSR count). The van der Waals surface area contributed by atoms with Gasteiger partial charge in [-0.05, 0) is 63.0 Å². The van der Waals surface area contributed by atoms with Gasteiger partial charge in [-0.1, -0.05) is 30.3 Å². The lowest BCUT2D eigenvalue weighted by molar-refractivity contribution is 0.344. The third kappa shape index (κ3) is 3.54.